The predicted molar refractivity (Wildman–Crippen MR) is 122 cm³/mol. The lowest BCUT2D eigenvalue weighted by Gasteiger charge is -2.26. The molecular weight excluding hydrogens is 506 g/mol. The first-order chi connectivity index (χ1) is 16.9. The molecule has 3 aromatic rings. The Bertz CT molecular complexity index is 1380. The summed E-state index contributed by atoms with van der Waals surface area (Å²) in [4.78, 5) is 15.1. The van der Waals surface area contributed by atoms with Crippen LogP contribution in [0.1, 0.15) is 45.1 Å². The van der Waals surface area contributed by atoms with Gasteiger partial charge in [0.25, 0.3) is 0 Å². The second-order valence-electron chi connectivity index (χ2n) is 8.63. The van der Waals surface area contributed by atoms with Crippen LogP contribution in [0.25, 0.3) is 22.3 Å². The van der Waals surface area contributed by atoms with Crippen LogP contribution >= 0.6 is 0 Å². The Morgan fingerprint density at radius 2 is 1.89 bits per heavy atom. The average Bonchev–Trinajstić information content (AvgIpc) is 3.11. The minimum atomic E-state index is -4.78. The van der Waals surface area contributed by atoms with E-state index in [4.69, 9.17) is 4.74 Å². The maximum Gasteiger partial charge on any atom is 0.511 e. The molecule has 194 valence electrons. The van der Waals surface area contributed by atoms with E-state index in [1.165, 1.54) is 18.2 Å². The molecule has 1 aliphatic carbocycles. The summed E-state index contributed by atoms with van der Waals surface area (Å²) in [5, 5.41) is 9.57. The van der Waals surface area contributed by atoms with E-state index in [9.17, 15) is 35.9 Å². The molecule has 0 spiro atoms. The Morgan fingerprint density at radius 3 is 2.47 bits per heavy atom. The number of rotatable bonds is 6. The minimum Gasteiger partial charge on any atom is -0.449 e. The van der Waals surface area contributed by atoms with Gasteiger partial charge in [0.15, 0.2) is 5.75 Å². The molecule has 8 nitrogen and oxygen atoms in total. The highest BCUT2D eigenvalue weighted by Gasteiger charge is 2.39. The lowest BCUT2D eigenvalue weighted by Crippen LogP contribution is -2.42. The molecule has 0 aliphatic heterocycles. The Morgan fingerprint density at radius 1 is 1.19 bits per heavy atom. The van der Waals surface area contributed by atoms with Gasteiger partial charge in [0.2, 0.25) is 10.0 Å². The maximum atomic E-state index is 14.1. The van der Waals surface area contributed by atoms with Gasteiger partial charge in [-0.05, 0) is 50.1 Å². The lowest BCUT2D eigenvalue weighted by molar-refractivity contribution is -0.147. The molecule has 0 amide bonds. The van der Waals surface area contributed by atoms with E-state index in [1.54, 1.807) is 4.72 Å². The smallest absolute Gasteiger partial charge is 0.449 e. The lowest BCUT2D eigenvalue weighted by atomic mass is 9.95. The number of sulfonamides is 1. The third-order valence-corrected chi connectivity index (χ3v) is 7.69. The number of hydrogen-bond acceptors (Lipinski definition) is 5. The largest absolute Gasteiger partial charge is 0.511 e. The molecule has 1 aliphatic rings. The van der Waals surface area contributed by atoms with Crippen molar-refractivity contribution in [3.05, 3.63) is 42.3 Å². The molecule has 0 unspecified atom stereocenters. The number of carbonyl (C=O) groups is 1. The zero-order valence-corrected chi connectivity index (χ0v) is 19.9. The summed E-state index contributed by atoms with van der Waals surface area (Å²) in [6.07, 6.45) is -1.10. The second-order valence-corrected chi connectivity index (χ2v) is 10.3. The number of halogens is 4. The first kappa shape index (κ1) is 25.9. The van der Waals surface area contributed by atoms with Crippen molar-refractivity contribution >= 4 is 27.1 Å². The van der Waals surface area contributed by atoms with Gasteiger partial charge in [-0.15, -0.1) is 0 Å². The Hall–Kier alpha value is -3.19. The number of aromatic nitrogens is 2. The molecule has 36 heavy (non-hydrogen) atoms. The molecule has 1 atom stereocenters. The molecule has 0 radical (unpaired) electrons. The molecule has 1 saturated carbocycles. The highest BCUT2D eigenvalue weighted by atomic mass is 32.2. The van der Waals surface area contributed by atoms with E-state index < -0.39 is 39.1 Å². The van der Waals surface area contributed by atoms with Crippen molar-refractivity contribution in [2.75, 3.05) is 0 Å². The number of carboxylic acid groups (broad SMARTS) is 1. The normalized spacial score (nSPS) is 16.2. The summed E-state index contributed by atoms with van der Waals surface area (Å²) < 4.78 is 86.0. The van der Waals surface area contributed by atoms with Crippen molar-refractivity contribution in [3.63, 3.8) is 0 Å². The van der Waals surface area contributed by atoms with Crippen molar-refractivity contribution in [2.24, 2.45) is 0 Å². The van der Waals surface area contributed by atoms with E-state index >= 15 is 0 Å². The molecule has 4 rings (SSSR count). The van der Waals surface area contributed by atoms with E-state index in [2.05, 4.69) is 4.98 Å². The number of nitrogens with one attached hydrogen (secondary N) is 1. The number of fused-ring (bicyclic) bond motifs is 1. The van der Waals surface area contributed by atoms with Gasteiger partial charge in [0.1, 0.15) is 22.4 Å². The van der Waals surface area contributed by atoms with Crippen LogP contribution in [0, 0.1) is 5.82 Å². The van der Waals surface area contributed by atoms with Crippen LogP contribution in [-0.4, -0.2) is 41.4 Å². The van der Waals surface area contributed by atoms with E-state index in [0.717, 1.165) is 50.4 Å². The fourth-order valence-electron chi connectivity index (χ4n) is 4.45. The van der Waals surface area contributed by atoms with Crippen LogP contribution in [0.15, 0.2) is 41.4 Å². The molecule has 1 aromatic carbocycles. The summed E-state index contributed by atoms with van der Waals surface area (Å²) in [5.74, 6) is -0.765. The van der Waals surface area contributed by atoms with E-state index in [1.807, 2.05) is 4.57 Å². The highest BCUT2D eigenvalue weighted by molar-refractivity contribution is 7.89. The summed E-state index contributed by atoms with van der Waals surface area (Å²) in [5.41, 5.74) is 0.857. The van der Waals surface area contributed by atoms with Gasteiger partial charge in [0.05, 0.1) is 11.2 Å². The molecule has 0 saturated heterocycles. The average molecular weight is 530 g/mol. The number of benzene rings is 1. The van der Waals surface area contributed by atoms with Gasteiger partial charge in [-0.3, -0.25) is 4.98 Å². The number of nitrogens with zero attached hydrogens (tertiary/aromatic N) is 2. The summed E-state index contributed by atoms with van der Waals surface area (Å²) >= 11 is 0. The summed E-state index contributed by atoms with van der Waals surface area (Å²) in [7, 11) is -4.55. The zero-order chi connectivity index (χ0) is 26.3. The minimum absolute atomic E-state index is 0.0765. The topological polar surface area (TPSA) is 111 Å². The highest BCUT2D eigenvalue weighted by Crippen LogP contribution is 2.45. The van der Waals surface area contributed by atoms with Gasteiger partial charge in [-0.2, -0.15) is 17.9 Å². The molecule has 2 heterocycles. The molecule has 1 fully saturated rings. The second kappa shape index (κ2) is 9.69. The van der Waals surface area contributed by atoms with Crippen LogP contribution in [0.4, 0.5) is 22.4 Å². The van der Waals surface area contributed by atoms with E-state index in [0.29, 0.717) is 12.4 Å². The Kier molecular flexibility index (Phi) is 6.97. The van der Waals surface area contributed by atoms with Crippen LogP contribution in [0.3, 0.4) is 0 Å². The van der Waals surface area contributed by atoms with Crippen molar-refractivity contribution in [3.8, 4) is 17.1 Å². The summed E-state index contributed by atoms with van der Waals surface area (Å²) in [6.45, 7) is 0.677. The van der Waals surface area contributed by atoms with Crippen molar-refractivity contribution in [1.29, 1.82) is 0 Å². The first-order valence-corrected chi connectivity index (χ1v) is 12.7. The van der Waals surface area contributed by atoms with Gasteiger partial charge in [-0.25, -0.2) is 17.6 Å². The van der Waals surface area contributed by atoms with Gasteiger partial charge in [-0.1, -0.05) is 19.3 Å². The Balaban J connectivity index is 1.85. The number of ether oxygens (including phenoxy) is 1. The fourth-order valence-corrected chi connectivity index (χ4v) is 5.63. The van der Waals surface area contributed by atoms with Crippen LogP contribution < -0.4 is 9.46 Å². The summed E-state index contributed by atoms with van der Waals surface area (Å²) in [6, 6.07) is 3.84. The van der Waals surface area contributed by atoms with Gasteiger partial charge < -0.3 is 14.4 Å². The molecule has 2 N–H and O–H groups in total. The van der Waals surface area contributed by atoms with Gasteiger partial charge in [0, 0.05) is 17.6 Å². The van der Waals surface area contributed by atoms with Crippen molar-refractivity contribution < 1.29 is 40.6 Å². The molecular formula is C23H23F4N3O5S. The standard InChI is InChI=1S/C23H23F4N3O5S/c1-13(23(25,26)27)29-36(33,34)16-8-9-18(28-12-16)20-21(35-22(31)32)17-11-14(24)7-10-19(17)30(20)15-5-3-2-4-6-15/h7-13,15,29H,2-6H2,1H3,(H,31,32)/t13-/m0/s1. The van der Waals surface area contributed by atoms with Crippen LogP contribution in [-0.2, 0) is 10.0 Å². The van der Waals surface area contributed by atoms with Crippen molar-refractivity contribution in [1.82, 2.24) is 14.3 Å². The van der Waals surface area contributed by atoms with Crippen molar-refractivity contribution in [2.45, 2.75) is 62.2 Å². The van der Waals surface area contributed by atoms with Gasteiger partial charge >= 0.3 is 12.3 Å². The number of alkyl halides is 3. The molecule has 13 heteroatoms. The molecule has 2 aromatic heterocycles. The monoisotopic (exact) mass is 529 g/mol. The predicted octanol–water partition coefficient (Wildman–Crippen LogP) is 5.63. The number of hydrogen-bond donors (Lipinski definition) is 2. The third kappa shape index (κ3) is 5.16. The first-order valence-electron chi connectivity index (χ1n) is 11.2. The van der Waals surface area contributed by atoms with E-state index in [-0.39, 0.29) is 28.6 Å². The number of pyridine rings is 1. The fraction of sp³-hybridized carbons (Fsp3) is 0.391. The third-order valence-electron chi connectivity index (χ3n) is 6.16. The SMILES string of the molecule is C[C@H](NS(=O)(=O)c1ccc(-c2c(OC(=O)O)c3cc(F)ccc3n2C2CCCCC2)nc1)C(F)(F)F. The maximum absolute atomic E-state index is 14.1. The van der Waals surface area contributed by atoms with Crippen LogP contribution in [0.2, 0.25) is 0 Å². The quantitative estimate of drug-likeness (QED) is 0.316. The van der Waals surface area contributed by atoms with Crippen LogP contribution in [0.5, 0.6) is 5.75 Å². The Labute approximate surface area is 203 Å². The zero-order valence-electron chi connectivity index (χ0n) is 19.0. The molecule has 0 bridgehead atoms.